The minimum absolute atomic E-state index is 0.616. The molecular formula is C16H11Cl2N. The van der Waals surface area contributed by atoms with E-state index in [1.807, 2.05) is 42.6 Å². The van der Waals surface area contributed by atoms with Crippen molar-refractivity contribution >= 4 is 34.0 Å². The van der Waals surface area contributed by atoms with E-state index in [9.17, 15) is 0 Å². The Labute approximate surface area is 121 Å². The zero-order chi connectivity index (χ0) is 13.2. The normalized spacial score (nSPS) is 11.1. The molecule has 0 bridgehead atoms. The van der Waals surface area contributed by atoms with Gasteiger partial charge in [-0.15, -0.1) is 0 Å². The molecule has 0 fully saturated rings. The fourth-order valence-corrected chi connectivity index (χ4v) is 2.58. The van der Waals surface area contributed by atoms with Crippen molar-refractivity contribution in [3.8, 4) is 11.1 Å². The summed E-state index contributed by atoms with van der Waals surface area (Å²) in [6.07, 6.45) is 1.84. The maximum absolute atomic E-state index is 5.98. The Morgan fingerprint density at radius 1 is 0.789 bits per heavy atom. The van der Waals surface area contributed by atoms with Crippen LogP contribution in [0.3, 0.4) is 0 Å². The minimum atomic E-state index is -0.616. The number of fused-ring (bicyclic) bond motifs is 1. The van der Waals surface area contributed by atoms with Crippen molar-refractivity contribution in [3.63, 3.8) is 0 Å². The van der Waals surface area contributed by atoms with E-state index >= 15 is 0 Å². The molecule has 0 atom stereocenters. The van der Waals surface area contributed by atoms with Gasteiger partial charge in [0.15, 0.2) is 0 Å². The van der Waals surface area contributed by atoms with Gasteiger partial charge in [-0.2, -0.15) is 0 Å². The Balaban J connectivity index is 2.31. The fourth-order valence-electron chi connectivity index (χ4n) is 2.24. The van der Waals surface area contributed by atoms with Gasteiger partial charge in [0.1, 0.15) is 4.84 Å². The molecule has 0 aliphatic heterocycles. The van der Waals surface area contributed by atoms with Gasteiger partial charge in [-0.25, -0.2) is 0 Å². The van der Waals surface area contributed by atoms with Gasteiger partial charge in [0.2, 0.25) is 0 Å². The number of hydrogen-bond donors (Lipinski definition) is 0. The Morgan fingerprint density at radius 2 is 1.42 bits per heavy atom. The second-order valence-electron chi connectivity index (χ2n) is 4.27. The van der Waals surface area contributed by atoms with E-state index in [1.54, 1.807) is 0 Å². The summed E-state index contributed by atoms with van der Waals surface area (Å²) in [7, 11) is 0. The molecular weight excluding hydrogens is 277 g/mol. The molecule has 0 aliphatic carbocycles. The number of hydrogen-bond acceptors (Lipinski definition) is 1. The summed E-state index contributed by atoms with van der Waals surface area (Å²) < 4.78 is 0. The lowest BCUT2D eigenvalue weighted by atomic mass is 9.99. The molecule has 0 saturated heterocycles. The highest BCUT2D eigenvalue weighted by molar-refractivity contribution is 6.44. The summed E-state index contributed by atoms with van der Waals surface area (Å²) in [5, 5.41) is 2.11. The zero-order valence-electron chi connectivity index (χ0n) is 10.1. The molecule has 3 aromatic rings. The Kier molecular flexibility index (Phi) is 3.41. The molecule has 0 saturated carbocycles. The standard InChI is InChI=1S/C16H11Cl2N/c17-16(18)15-13-9-5-4-8-12(13)14(10-19-15)11-6-2-1-3-7-11/h1-10,16H. The molecule has 0 aliphatic rings. The van der Waals surface area contributed by atoms with Crippen LogP contribution in [0.2, 0.25) is 0 Å². The van der Waals surface area contributed by atoms with Gasteiger partial charge < -0.3 is 0 Å². The van der Waals surface area contributed by atoms with Crippen molar-refractivity contribution in [2.24, 2.45) is 0 Å². The lowest BCUT2D eigenvalue weighted by molar-refractivity contribution is 1.18. The second-order valence-corrected chi connectivity index (χ2v) is 5.37. The summed E-state index contributed by atoms with van der Waals surface area (Å²) in [6.45, 7) is 0. The van der Waals surface area contributed by atoms with Crippen LogP contribution in [0.15, 0.2) is 60.8 Å². The number of pyridine rings is 1. The van der Waals surface area contributed by atoms with Crippen LogP contribution in [0, 0.1) is 0 Å². The number of rotatable bonds is 2. The van der Waals surface area contributed by atoms with Gasteiger partial charge in [0.25, 0.3) is 0 Å². The van der Waals surface area contributed by atoms with Crippen molar-refractivity contribution in [1.29, 1.82) is 0 Å². The average molecular weight is 288 g/mol. The summed E-state index contributed by atoms with van der Waals surface area (Å²) in [5.41, 5.74) is 2.94. The first-order valence-electron chi connectivity index (χ1n) is 5.98. The van der Waals surface area contributed by atoms with Crippen LogP contribution in [-0.4, -0.2) is 4.98 Å². The predicted molar refractivity (Wildman–Crippen MR) is 81.6 cm³/mol. The molecule has 1 nitrogen and oxygen atoms in total. The van der Waals surface area contributed by atoms with Crippen LogP contribution in [0.25, 0.3) is 21.9 Å². The van der Waals surface area contributed by atoms with Gasteiger partial charge in [-0.05, 0) is 10.9 Å². The van der Waals surface area contributed by atoms with Crippen LogP contribution < -0.4 is 0 Å². The molecule has 3 rings (SSSR count). The van der Waals surface area contributed by atoms with Crippen molar-refractivity contribution in [3.05, 3.63) is 66.5 Å². The van der Waals surface area contributed by atoms with E-state index in [-0.39, 0.29) is 0 Å². The maximum Gasteiger partial charge on any atom is 0.150 e. The molecule has 1 heterocycles. The molecule has 0 unspecified atom stereocenters. The Hall–Kier alpha value is -1.57. The molecule has 94 valence electrons. The van der Waals surface area contributed by atoms with Crippen molar-refractivity contribution in [2.45, 2.75) is 4.84 Å². The molecule has 0 N–H and O–H groups in total. The van der Waals surface area contributed by atoms with E-state index in [2.05, 4.69) is 23.2 Å². The van der Waals surface area contributed by atoms with Gasteiger partial charge in [-0.1, -0.05) is 77.8 Å². The number of alkyl halides is 2. The highest BCUT2D eigenvalue weighted by Gasteiger charge is 2.13. The molecule has 0 amide bonds. The lowest BCUT2D eigenvalue weighted by Crippen LogP contribution is -1.92. The quantitative estimate of drug-likeness (QED) is 0.577. The molecule has 1 aromatic heterocycles. The third-order valence-electron chi connectivity index (χ3n) is 3.12. The fraction of sp³-hybridized carbons (Fsp3) is 0.0625. The summed E-state index contributed by atoms with van der Waals surface area (Å²) in [4.78, 5) is 3.80. The monoisotopic (exact) mass is 287 g/mol. The van der Waals surface area contributed by atoms with Crippen LogP contribution in [0.1, 0.15) is 10.5 Å². The first-order chi connectivity index (χ1) is 9.27. The van der Waals surface area contributed by atoms with Crippen LogP contribution in [0.4, 0.5) is 0 Å². The first kappa shape index (κ1) is 12.5. The molecule has 0 spiro atoms. The molecule has 3 heteroatoms. The highest BCUT2D eigenvalue weighted by Crippen LogP contribution is 2.34. The molecule has 19 heavy (non-hydrogen) atoms. The van der Waals surface area contributed by atoms with Gasteiger partial charge in [-0.3, -0.25) is 4.98 Å². The minimum Gasteiger partial charge on any atom is -0.257 e. The van der Waals surface area contributed by atoms with Crippen molar-refractivity contribution in [2.75, 3.05) is 0 Å². The van der Waals surface area contributed by atoms with Gasteiger partial charge >= 0.3 is 0 Å². The predicted octanol–water partition coefficient (Wildman–Crippen LogP) is 5.38. The number of aromatic nitrogens is 1. The first-order valence-corrected chi connectivity index (χ1v) is 6.86. The van der Waals surface area contributed by atoms with Gasteiger partial charge in [0, 0.05) is 17.1 Å². The SMILES string of the molecule is ClC(Cl)c1ncc(-c2ccccc2)c2ccccc12. The van der Waals surface area contributed by atoms with Crippen LogP contribution in [0.5, 0.6) is 0 Å². The van der Waals surface area contributed by atoms with Crippen LogP contribution >= 0.6 is 23.2 Å². The Morgan fingerprint density at radius 3 is 2.11 bits per heavy atom. The van der Waals surface area contributed by atoms with Crippen molar-refractivity contribution in [1.82, 2.24) is 4.98 Å². The van der Waals surface area contributed by atoms with E-state index in [0.29, 0.717) is 5.69 Å². The summed E-state index contributed by atoms with van der Waals surface area (Å²) >= 11 is 12.0. The topological polar surface area (TPSA) is 12.9 Å². The largest absolute Gasteiger partial charge is 0.257 e. The van der Waals surface area contributed by atoms with Crippen LogP contribution in [-0.2, 0) is 0 Å². The van der Waals surface area contributed by atoms with E-state index in [1.165, 1.54) is 0 Å². The number of nitrogens with zero attached hydrogens (tertiary/aromatic N) is 1. The molecule has 2 aromatic carbocycles. The highest BCUT2D eigenvalue weighted by atomic mass is 35.5. The third-order valence-corrected chi connectivity index (χ3v) is 3.53. The van der Waals surface area contributed by atoms with E-state index in [4.69, 9.17) is 23.2 Å². The molecule has 0 radical (unpaired) electrons. The number of benzene rings is 2. The maximum atomic E-state index is 5.98. The Bertz CT molecular complexity index is 708. The summed E-state index contributed by atoms with van der Waals surface area (Å²) in [6, 6.07) is 18.2. The van der Waals surface area contributed by atoms with Gasteiger partial charge in [0.05, 0.1) is 5.69 Å². The van der Waals surface area contributed by atoms with E-state index < -0.39 is 4.84 Å². The van der Waals surface area contributed by atoms with E-state index in [0.717, 1.165) is 21.9 Å². The number of halogens is 2. The van der Waals surface area contributed by atoms with Crippen molar-refractivity contribution < 1.29 is 0 Å². The summed E-state index contributed by atoms with van der Waals surface area (Å²) in [5.74, 6) is 0. The second kappa shape index (κ2) is 5.20. The zero-order valence-corrected chi connectivity index (χ0v) is 11.6. The average Bonchev–Trinajstić information content (AvgIpc) is 2.47. The lowest BCUT2D eigenvalue weighted by Gasteiger charge is -2.11. The smallest absolute Gasteiger partial charge is 0.150 e. The third kappa shape index (κ3) is 2.32.